The van der Waals surface area contributed by atoms with Gasteiger partial charge in [-0.25, -0.2) is 32.8 Å². The molecule has 1 fully saturated rings. The van der Waals surface area contributed by atoms with Crippen molar-refractivity contribution < 1.29 is 47.1 Å². The Morgan fingerprint density at radius 2 is 1.77 bits per heavy atom. The van der Waals surface area contributed by atoms with Crippen LogP contribution >= 0.6 is 0 Å². The number of nitrogens with zero attached hydrogens (tertiary/aromatic N) is 7. The van der Waals surface area contributed by atoms with Crippen molar-refractivity contribution in [2.24, 2.45) is 11.5 Å². The summed E-state index contributed by atoms with van der Waals surface area (Å²) >= 11 is 0. The number of aliphatic hydroxyl groups is 1. The van der Waals surface area contributed by atoms with Crippen molar-refractivity contribution in [3.63, 3.8) is 0 Å². The first-order valence-corrected chi connectivity index (χ1v) is 19.0. The number of fused-ring (bicyclic) bond motifs is 1. The van der Waals surface area contributed by atoms with Crippen LogP contribution in [0.25, 0.3) is 11.2 Å². The summed E-state index contributed by atoms with van der Waals surface area (Å²) in [6.45, 7) is 3.27. The Bertz CT molecular complexity index is 1630. The van der Waals surface area contributed by atoms with Gasteiger partial charge in [-0.1, -0.05) is 5.21 Å². The molecule has 0 aromatic carbocycles. The average Bonchev–Trinajstić information content (AvgIpc) is 3.81. The Hall–Kier alpha value is -3.45. The summed E-state index contributed by atoms with van der Waals surface area (Å²) < 4.78 is 56.6. The number of unbranched alkanes of at least 4 members (excludes halogenated alkanes) is 1. The second-order valence-electron chi connectivity index (χ2n) is 12.4. The van der Waals surface area contributed by atoms with E-state index in [-0.39, 0.29) is 25.4 Å². The first-order valence-electron chi connectivity index (χ1n) is 17.1. The number of nitrogens with two attached hydrogens (primary N) is 3. The fourth-order valence-electron chi connectivity index (χ4n) is 5.62. The summed E-state index contributed by atoms with van der Waals surface area (Å²) in [6.07, 6.45) is 5.29. The molecule has 0 spiro atoms. The molecule has 22 heteroatoms. The monoisotopic (exact) mass is 757 g/mol. The van der Waals surface area contributed by atoms with Gasteiger partial charge in [0.25, 0.3) is 0 Å². The molecule has 0 saturated carbocycles. The molecule has 4 rings (SSSR count). The van der Waals surface area contributed by atoms with Gasteiger partial charge in [-0.05, 0) is 38.5 Å². The fraction of sp³-hybridized carbons (Fsp3) is 0.733. The molecule has 0 aliphatic carbocycles. The van der Waals surface area contributed by atoms with Crippen molar-refractivity contribution >= 4 is 33.0 Å². The quantitative estimate of drug-likeness (QED) is 0.0491. The number of imidazole rings is 1. The number of anilines is 1. The van der Waals surface area contributed by atoms with Gasteiger partial charge in [-0.15, -0.1) is 5.10 Å². The number of sulfonamides is 1. The summed E-state index contributed by atoms with van der Waals surface area (Å²) in [7, 11) is -3.22. The Morgan fingerprint density at radius 3 is 2.50 bits per heavy atom. The third-order valence-corrected chi connectivity index (χ3v) is 9.04. The highest BCUT2D eigenvalue weighted by molar-refractivity contribution is 7.88. The first kappa shape index (κ1) is 41.3. The van der Waals surface area contributed by atoms with Gasteiger partial charge in [0.05, 0.1) is 76.8 Å². The van der Waals surface area contributed by atoms with E-state index in [0.29, 0.717) is 83.0 Å². The standard InChI is InChI=1S/C30H51N11O10S/c1-52(45,46)38-7-10-47-12-14-49-15-13-48-11-8-41-21(17-37-39-41)4-2-3-9-50-26-23(16-20(31)5-6-22(32)30(43)44)51-29(25(26)42)40-19-36-24-27(33)34-18-35-28(24)40/h17-20,22-23,25-26,29,38,42H,2-16,31-32H2,1H3,(H,43,44)(H2,33,34,35)/t20-,22-,23+,25+,26+,29+/m0/s1. The zero-order valence-electron chi connectivity index (χ0n) is 29.2. The van der Waals surface area contributed by atoms with Crippen LogP contribution in [0, 0.1) is 0 Å². The SMILES string of the molecule is CS(=O)(=O)NCCOCCOCCOCCn1nncc1CCCCO[C@H]1[C@@H](O)[C@H](n2cnc3c(N)ncnc32)O[C@@H]1C[C@@H](N)CC[C@H](N)C(=O)O. The number of aliphatic carboxylic acids is 1. The summed E-state index contributed by atoms with van der Waals surface area (Å²) in [6, 6.07) is -1.47. The van der Waals surface area contributed by atoms with Gasteiger partial charge in [-0.3, -0.25) is 9.36 Å². The zero-order chi connectivity index (χ0) is 37.5. The summed E-state index contributed by atoms with van der Waals surface area (Å²) in [5.41, 5.74) is 19.7. The Kier molecular flexibility index (Phi) is 16.4. The van der Waals surface area contributed by atoms with E-state index in [1.54, 1.807) is 15.4 Å². The molecule has 0 unspecified atom stereocenters. The van der Waals surface area contributed by atoms with E-state index in [9.17, 15) is 18.3 Å². The van der Waals surface area contributed by atoms with E-state index in [1.807, 2.05) is 0 Å². The number of nitrogen functional groups attached to an aromatic ring is 1. The van der Waals surface area contributed by atoms with Gasteiger partial charge in [-0.2, -0.15) is 0 Å². The molecule has 3 aromatic rings. The van der Waals surface area contributed by atoms with E-state index in [4.69, 9.17) is 46.0 Å². The van der Waals surface area contributed by atoms with Crippen molar-refractivity contribution in [3.8, 4) is 0 Å². The maximum atomic E-state index is 11.4. The number of hydrogen-bond donors (Lipinski definition) is 6. The zero-order valence-corrected chi connectivity index (χ0v) is 30.1. The minimum absolute atomic E-state index is 0.197. The molecular weight excluding hydrogens is 706 g/mol. The minimum Gasteiger partial charge on any atom is -0.480 e. The van der Waals surface area contributed by atoms with Crippen LogP contribution in [-0.4, -0.2) is 149 Å². The van der Waals surface area contributed by atoms with Crippen molar-refractivity contribution in [1.82, 2.24) is 39.2 Å². The normalized spacial score (nSPS) is 20.5. The lowest BCUT2D eigenvalue weighted by Gasteiger charge is -2.23. The predicted molar refractivity (Wildman–Crippen MR) is 185 cm³/mol. The smallest absolute Gasteiger partial charge is 0.320 e. The molecule has 21 nitrogen and oxygen atoms in total. The van der Waals surface area contributed by atoms with E-state index in [0.717, 1.165) is 18.4 Å². The molecule has 9 N–H and O–H groups in total. The molecule has 1 aliphatic rings. The van der Waals surface area contributed by atoms with E-state index >= 15 is 0 Å². The molecule has 0 amide bonds. The average molecular weight is 758 g/mol. The molecule has 1 aliphatic heterocycles. The van der Waals surface area contributed by atoms with E-state index in [1.165, 1.54) is 12.7 Å². The molecule has 292 valence electrons. The number of aryl methyl sites for hydroxylation is 1. The van der Waals surface area contributed by atoms with Crippen LogP contribution in [0.5, 0.6) is 0 Å². The lowest BCUT2D eigenvalue weighted by Crippen LogP contribution is -2.39. The number of nitrogens with one attached hydrogen (secondary N) is 1. The van der Waals surface area contributed by atoms with Crippen molar-refractivity contribution in [2.75, 3.05) is 64.8 Å². The van der Waals surface area contributed by atoms with E-state index < -0.39 is 52.6 Å². The minimum atomic E-state index is -3.22. The van der Waals surface area contributed by atoms with Crippen LogP contribution in [0.3, 0.4) is 0 Å². The molecule has 52 heavy (non-hydrogen) atoms. The number of aromatic nitrogens is 7. The lowest BCUT2D eigenvalue weighted by molar-refractivity contribution is -0.138. The van der Waals surface area contributed by atoms with Crippen LogP contribution in [-0.2, 0) is 51.5 Å². The Labute approximate surface area is 301 Å². The molecule has 0 radical (unpaired) electrons. The summed E-state index contributed by atoms with van der Waals surface area (Å²) in [4.78, 5) is 23.7. The number of rotatable bonds is 26. The van der Waals surface area contributed by atoms with Crippen molar-refractivity contribution in [1.29, 1.82) is 0 Å². The van der Waals surface area contributed by atoms with Crippen molar-refractivity contribution in [2.45, 2.75) is 81.7 Å². The third-order valence-electron chi connectivity index (χ3n) is 8.31. The Morgan fingerprint density at radius 1 is 1.04 bits per heavy atom. The molecule has 6 atom stereocenters. The highest BCUT2D eigenvalue weighted by atomic mass is 32.2. The number of hydrogen-bond acceptors (Lipinski definition) is 17. The molecule has 4 heterocycles. The predicted octanol–water partition coefficient (Wildman–Crippen LogP) is -1.83. The summed E-state index contributed by atoms with van der Waals surface area (Å²) in [5, 5.41) is 28.7. The highest BCUT2D eigenvalue weighted by Gasteiger charge is 2.46. The summed E-state index contributed by atoms with van der Waals surface area (Å²) in [5.74, 6) is -0.895. The number of carboxylic acid groups (broad SMARTS) is 1. The van der Waals surface area contributed by atoms with Gasteiger partial charge in [0.15, 0.2) is 17.7 Å². The highest BCUT2D eigenvalue weighted by Crippen LogP contribution is 2.35. The maximum absolute atomic E-state index is 11.4. The molecule has 1 saturated heterocycles. The van der Waals surface area contributed by atoms with Crippen LogP contribution in [0.4, 0.5) is 5.82 Å². The Balaban J connectivity index is 1.18. The number of carboxylic acids is 1. The second kappa shape index (κ2) is 20.7. The topological polar surface area (TPSA) is 302 Å². The number of carbonyl (C=O) groups is 1. The second-order valence-corrected chi connectivity index (χ2v) is 14.2. The van der Waals surface area contributed by atoms with Gasteiger partial charge in [0, 0.05) is 19.2 Å². The first-order chi connectivity index (χ1) is 24.9. The number of ether oxygens (including phenoxy) is 5. The fourth-order valence-corrected chi connectivity index (χ4v) is 6.07. The van der Waals surface area contributed by atoms with Gasteiger partial charge >= 0.3 is 5.97 Å². The van der Waals surface area contributed by atoms with Crippen molar-refractivity contribution in [3.05, 3.63) is 24.5 Å². The van der Waals surface area contributed by atoms with Crippen LogP contribution < -0.4 is 21.9 Å². The van der Waals surface area contributed by atoms with Crippen LogP contribution in [0.15, 0.2) is 18.9 Å². The lowest BCUT2D eigenvalue weighted by atomic mass is 9.98. The van der Waals surface area contributed by atoms with Crippen LogP contribution in [0.2, 0.25) is 0 Å². The largest absolute Gasteiger partial charge is 0.480 e. The van der Waals surface area contributed by atoms with E-state index in [2.05, 4.69) is 30.0 Å². The third kappa shape index (κ3) is 12.9. The molecule has 3 aromatic heterocycles. The van der Waals surface area contributed by atoms with Gasteiger partial charge in [0.1, 0.15) is 30.1 Å². The van der Waals surface area contributed by atoms with Gasteiger partial charge < -0.3 is 51.1 Å². The maximum Gasteiger partial charge on any atom is 0.320 e. The number of aliphatic hydroxyl groups excluding tert-OH is 1. The van der Waals surface area contributed by atoms with Crippen LogP contribution in [0.1, 0.15) is 44.0 Å². The van der Waals surface area contributed by atoms with Gasteiger partial charge in [0.2, 0.25) is 10.0 Å². The molecular formula is C30H51N11O10S. The molecule has 0 bridgehead atoms.